The second kappa shape index (κ2) is 5.02. The molecule has 6 heteroatoms. The van der Waals surface area contributed by atoms with Crippen LogP contribution in [-0.2, 0) is 13.0 Å². The molecule has 2 aromatic rings. The Morgan fingerprint density at radius 1 is 1.30 bits per heavy atom. The minimum atomic E-state index is -1.05. The first kappa shape index (κ1) is 13.9. The van der Waals surface area contributed by atoms with E-state index in [0.717, 1.165) is 18.4 Å². The minimum absolute atomic E-state index is 0.332. The highest BCUT2D eigenvalue weighted by Gasteiger charge is 2.57. The van der Waals surface area contributed by atoms with Crippen molar-refractivity contribution in [3.8, 4) is 0 Å². The van der Waals surface area contributed by atoms with Crippen LogP contribution in [0.5, 0.6) is 0 Å². The second-order valence-corrected chi connectivity index (χ2v) is 6.55. The molecule has 0 aliphatic heterocycles. The van der Waals surface area contributed by atoms with Crippen molar-refractivity contribution < 1.29 is 5.11 Å². The van der Waals surface area contributed by atoms with Gasteiger partial charge in [-0.3, -0.25) is 0 Å². The lowest BCUT2D eigenvalue weighted by Gasteiger charge is -2.33. The lowest BCUT2D eigenvalue weighted by atomic mass is 9.89. The van der Waals surface area contributed by atoms with Crippen LogP contribution >= 0.6 is 23.2 Å². The summed E-state index contributed by atoms with van der Waals surface area (Å²) in [5, 5.41) is 15.8. The molecule has 1 saturated carbocycles. The third-order valence-corrected chi connectivity index (χ3v) is 4.80. The second-order valence-electron chi connectivity index (χ2n) is 5.39. The summed E-state index contributed by atoms with van der Waals surface area (Å²) >= 11 is 12.4. The number of aliphatic hydroxyl groups is 1. The van der Waals surface area contributed by atoms with Crippen LogP contribution < -0.4 is 0 Å². The number of benzene rings is 1. The van der Waals surface area contributed by atoms with Crippen molar-refractivity contribution in [3.63, 3.8) is 0 Å². The molecule has 1 aromatic heterocycles. The van der Waals surface area contributed by atoms with Crippen LogP contribution in [0.25, 0.3) is 0 Å². The van der Waals surface area contributed by atoms with Gasteiger partial charge in [0.1, 0.15) is 18.3 Å². The third kappa shape index (κ3) is 2.68. The van der Waals surface area contributed by atoms with E-state index in [-0.39, 0.29) is 0 Å². The Morgan fingerprint density at radius 3 is 2.55 bits per heavy atom. The molecular weight excluding hydrogens is 297 g/mol. The zero-order valence-electron chi connectivity index (χ0n) is 10.8. The summed E-state index contributed by atoms with van der Waals surface area (Å²) in [6.45, 7) is 0.332. The SMILES string of the molecule is OC(Cc1ccc(Cl)cc1)(Cn1cncn1)C1(Cl)CC1. The Morgan fingerprint density at radius 2 is 2.00 bits per heavy atom. The van der Waals surface area contributed by atoms with Crippen molar-refractivity contribution in [2.24, 2.45) is 0 Å². The average Bonchev–Trinajstić information content (AvgIpc) is 2.98. The van der Waals surface area contributed by atoms with Gasteiger partial charge in [-0.25, -0.2) is 9.67 Å². The molecule has 1 atom stereocenters. The average molecular weight is 312 g/mol. The van der Waals surface area contributed by atoms with E-state index in [9.17, 15) is 5.11 Å². The van der Waals surface area contributed by atoms with Crippen LogP contribution in [0.3, 0.4) is 0 Å². The van der Waals surface area contributed by atoms with Crippen molar-refractivity contribution in [2.45, 2.75) is 36.3 Å². The molecule has 1 fully saturated rings. The third-order valence-electron chi connectivity index (χ3n) is 3.82. The van der Waals surface area contributed by atoms with Crippen LogP contribution in [0.1, 0.15) is 18.4 Å². The van der Waals surface area contributed by atoms with Gasteiger partial charge in [0.25, 0.3) is 0 Å². The van der Waals surface area contributed by atoms with Crippen LogP contribution in [0, 0.1) is 0 Å². The Labute approximate surface area is 127 Å². The molecule has 0 bridgehead atoms. The lowest BCUT2D eigenvalue weighted by molar-refractivity contribution is 0.00765. The molecule has 1 N–H and O–H groups in total. The molecule has 20 heavy (non-hydrogen) atoms. The highest BCUT2D eigenvalue weighted by Crippen LogP contribution is 2.52. The van der Waals surface area contributed by atoms with Gasteiger partial charge in [0.15, 0.2) is 0 Å². The van der Waals surface area contributed by atoms with Gasteiger partial charge in [-0.1, -0.05) is 23.7 Å². The van der Waals surface area contributed by atoms with E-state index < -0.39 is 10.5 Å². The van der Waals surface area contributed by atoms with E-state index in [1.165, 1.54) is 6.33 Å². The molecule has 1 aliphatic carbocycles. The molecule has 3 rings (SSSR count). The van der Waals surface area contributed by atoms with Crippen molar-refractivity contribution in [2.75, 3.05) is 0 Å². The summed E-state index contributed by atoms with van der Waals surface area (Å²) in [6, 6.07) is 7.47. The molecule has 106 valence electrons. The number of hydrogen-bond donors (Lipinski definition) is 1. The Balaban J connectivity index is 1.84. The highest BCUT2D eigenvalue weighted by atomic mass is 35.5. The Hall–Kier alpha value is -1.10. The van der Waals surface area contributed by atoms with Crippen molar-refractivity contribution >= 4 is 23.2 Å². The molecule has 0 amide bonds. The normalized spacial score (nSPS) is 19.6. The fraction of sp³-hybridized carbons (Fsp3) is 0.429. The van der Waals surface area contributed by atoms with E-state index in [1.54, 1.807) is 11.0 Å². The van der Waals surface area contributed by atoms with Gasteiger partial charge in [0, 0.05) is 11.4 Å². The number of nitrogens with zero attached hydrogens (tertiary/aromatic N) is 3. The summed E-state index contributed by atoms with van der Waals surface area (Å²) < 4.78 is 1.62. The molecule has 0 radical (unpaired) electrons. The van der Waals surface area contributed by atoms with Crippen LogP contribution in [0.15, 0.2) is 36.9 Å². The van der Waals surface area contributed by atoms with E-state index in [2.05, 4.69) is 10.1 Å². The van der Waals surface area contributed by atoms with Gasteiger partial charge in [-0.2, -0.15) is 5.10 Å². The lowest BCUT2D eigenvalue weighted by Crippen LogP contribution is -2.47. The van der Waals surface area contributed by atoms with E-state index >= 15 is 0 Å². The Bertz CT molecular complexity index is 581. The van der Waals surface area contributed by atoms with Gasteiger partial charge in [0.2, 0.25) is 0 Å². The van der Waals surface area contributed by atoms with Crippen LogP contribution in [0.4, 0.5) is 0 Å². The van der Waals surface area contributed by atoms with Gasteiger partial charge in [-0.05, 0) is 30.5 Å². The summed E-state index contributed by atoms with van der Waals surface area (Å²) in [5.41, 5.74) is -0.0419. The summed E-state index contributed by atoms with van der Waals surface area (Å²) in [6.07, 6.45) is 5.14. The monoisotopic (exact) mass is 311 g/mol. The summed E-state index contributed by atoms with van der Waals surface area (Å²) in [7, 11) is 0. The largest absolute Gasteiger partial charge is 0.386 e. The number of halogens is 2. The fourth-order valence-corrected chi connectivity index (χ4v) is 2.80. The molecule has 0 saturated heterocycles. The molecule has 1 heterocycles. The predicted octanol–water partition coefficient (Wildman–Crippen LogP) is 2.68. The maximum atomic E-state index is 11.1. The van der Waals surface area contributed by atoms with Crippen molar-refractivity contribution in [1.82, 2.24) is 14.8 Å². The standard InChI is InChI=1S/C14H15Cl2N3O/c15-12-3-1-11(2-4-12)7-14(20,13(16)5-6-13)8-19-10-17-9-18-19/h1-4,9-10,20H,5-8H2. The van der Waals surface area contributed by atoms with Gasteiger partial charge >= 0.3 is 0 Å². The summed E-state index contributed by atoms with van der Waals surface area (Å²) in [5.74, 6) is 0. The molecule has 1 aromatic carbocycles. The number of alkyl halides is 1. The number of aromatic nitrogens is 3. The maximum absolute atomic E-state index is 11.1. The number of rotatable bonds is 5. The van der Waals surface area contributed by atoms with Crippen LogP contribution in [0.2, 0.25) is 5.02 Å². The zero-order valence-corrected chi connectivity index (χ0v) is 12.3. The van der Waals surface area contributed by atoms with E-state index in [0.29, 0.717) is 18.0 Å². The highest BCUT2D eigenvalue weighted by molar-refractivity contribution is 6.30. The molecule has 1 unspecified atom stereocenters. The quantitative estimate of drug-likeness (QED) is 0.864. The van der Waals surface area contributed by atoms with Crippen molar-refractivity contribution in [3.05, 3.63) is 47.5 Å². The predicted molar refractivity (Wildman–Crippen MR) is 77.9 cm³/mol. The minimum Gasteiger partial charge on any atom is -0.386 e. The number of hydrogen-bond acceptors (Lipinski definition) is 3. The van der Waals surface area contributed by atoms with E-state index in [1.807, 2.05) is 24.3 Å². The van der Waals surface area contributed by atoms with Crippen molar-refractivity contribution in [1.29, 1.82) is 0 Å². The molecule has 1 aliphatic rings. The fourth-order valence-electron chi connectivity index (χ4n) is 2.45. The molecule has 0 spiro atoms. The zero-order chi connectivity index (χ0) is 14.2. The van der Waals surface area contributed by atoms with Gasteiger partial charge in [-0.15, -0.1) is 11.6 Å². The molecular formula is C14H15Cl2N3O. The van der Waals surface area contributed by atoms with Gasteiger partial charge < -0.3 is 5.11 Å². The first-order valence-corrected chi connectivity index (χ1v) is 7.25. The maximum Gasteiger partial charge on any atom is 0.137 e. The van der Waals surface area contributed by atoms with Gasteiger partial charge in [0.05, 0.1) is 11.4 Å². The topological polar surface area (TPSA) is 50.9 Å². The first-order chi connectivity index (χ1) is 9.51. The molecule has 4 nitrogen and oxygen atoms in total. The first-order valence-electron chi connectivity index (χ1n) is 6.49. The summed E-state index contributed by atoms with van der Waals surface area (Å²) in [4.78, 5) is 3.34. The Kier molecular flexibility index (Phi) is 3.48. The van der Waals surface area contributed by atoms with Crippen LogP contribution in [-0.4, -0.2) is 30.3 Å². The van der Waals surface area contributed by atoms with E-state index in [4.69, 9.17) is 23.2 Å². The smallest absolute Gasteiger partial charge is 0.137 e.